The number of piperidine rings is 1. The summed E-state index contributed by atoms with van der Waals surface area (Å²) in [6.45, 7) is 2.65. The van der Waals surface area contributed by atoms with E-state index in [9.17, 15) is 9.59 Å². The van der Waals surface area contributed by atoms with Gasteiger partial charge >= 0.3 is 5.97 Å². The fourth-order valence-electron chi connectivity index (χ4n) is 2.67. The smallest absolute Gasteiger partial charge is 0.338 e. The third-order valence-corrected chi connectivity index (χ3v) is 3.89. The van der Waals surface area contributed by atoms with Crippen LogP contribution < -0.4 is 5.73 Å². The second-order valence-corrected chi connectivity index (χ2v) is 5.34. The van der Waals surface area contributed by atoms with Gasteiger partial charge in [-0.2, -0.15) is 0 Å². The van der Waals surface area contributed by atoms with Crippen LogP contribution in [0.1, 0.15) is 43.0 Å². The lowest BCUT2D eigenvalue weighted by molar-refractivity contribution is -0.138. The van der Waals surface area contributed by atoms with E-state index in [1.54, 1.807) is 24.3 Å². The van der Waals surface area contributed by atoms with Crippen LogP contribution in [-0.4, -0.2) is 36.0 Å². The number of nitrogens with zero attached hydrogens (tertiary/aromatic N) is 1. The maximum absolute atomic E-state index is 12.2. The summed E-state index contributed by atoms with van der Waals surface area (Å²) in [7, 11) is 0. The zero-order valence-electron chi connectivity index (χ0n) is 12.4. The molecule has 0 saturated carbocycles. The van der Waals surface area contributed by atoms with E-state index in [0.29, 0.717) is 11.3 Å². The van der Waals surface area contributed by atoms with Gasteiger partial charge in [0.15, 0.2) is 6.61 Å². The van der Waals surface area contributed by atoms with Crippen molar-refractivity contribution in [3.8, 4) is 0 Å². The first kappa shape index (κ1) is 15.4. The van der Waals surface area contributed by atoms with E-state index < -0.39 is 5.97 Å². The Kier molecular flexibility index (Phi) is 5.20. The molecule has 1 aliphatic rings. The standard InChI is InChI=1S/C16H22N2O3/c1-2-14-5-3-4-10-18(14)15(19)11-21-16(20)12-6-8-13(17)9-7-12/h6-9,14H,2-5,10-11,17H2,1H3/t14-/m1/s1. The molecule has 1 heterocycles. The van der Waals surface area contributed by atoms with E-state index in [-0.39, 0.29) is 18.6 Å². The average molecular weight is 290 g/mol. The van der Waals surface area contributed by atoms with E-state index in [1.165, 1.54) is 0 Å². The highest BCUT2D eigenvalue weighted by Gasteiger charge is 2.25. The first-order chi connectivity index (χ1) is 10.1. The number of carbonyl (C=O) groups excluding carboxylic acids is 2. The highest BCUT2D eigenvalue weighted by Crippen LogP contribution is 2.19. The summed E-state index contributed by atoms with van der Waals surface area (Å²) in [6, 6.07) is 6.74. The average Bonchev–Trinajstić information content (AvgIpc) is 2.52. The first-order valence-electron chi connectivity index (χ1n) is 7.44. The molecular formula is C16H22N2O3. The van der Waals surface area contributed by atoms with Crippen molar-refractivity contribution >= 4 is 17.6 Å². The van der Waals surface area contributed by atoms with Gasteiger partial charge in [-0.15, -0.1) is 0 Å². The number of nitrogens with two attached hydrogens (primary N) is 1. The van der Waals surface area contributed by atoms with Gasteiger partial charge in [0.2, 0.25) is 0 Å². The van der Waals surface area contributed by atoms with Gasteiger partial charge < -0.3 is 15.4 Å². The Balaban J connectivity index is 1.88. The minimum absolute atomic E-state index is 0.106. The number of ether oxygens (including phenoxy) is 1. The Hall–Kier alpha value is -2.04. The van der Waals surface area contributed by atoms with E-state index in [0.717, 1.165) is 32.2 Å². The number of amides is 1. The van der Waals surface area contributed by atoms with Crippen LogP contribution in [0, 0.1) is 0 Å². The lowest BCUT2D eigenvalue weighted by Gasteiger charge is -2.35. The summed E-state index contributed by atoms with van der Waals surface area (Å²) in [6.07, 6.45) is 4.16. The Labute approximate surface area is 125 Å². The van der Waals surface area contributed by atoms with Gasteiger partial charge in [0.25, 0.3) is 5.91 Å². The van der Waals surface area contributed by atoms with Crippen LogP contribution in [0.5, 0.6) is 0 Å². The minimum atomic E-state index is -0.492. The van der Waals surface area contributed by atoms with Gasteiger partial charge in [0.05, 0.1) is 5.56 Å². The van der Waals surface area contributed by atoms with Crippen LogP contribution in [0.2, 0.25) is 0 Å². The van der Waals surface area contributed by atoms with Crippen molar-refractivity contribution in [1.82, 2.24) is 4.90 Å². The molecule has 1 amide bonds. The maximum atomic E-state index is 12.2. The summed E-state index contributed by atoms with van der Waals surface area (Å²) in [5.41, 5.74) is 6.55. The molecule has 5 nitrogen and oxygen atoms in total. The number of likely N-dealkylation sites (tertiary alicyclic amines) is 1. The summed E-state index contributed by atoms with van der Waals surface area (Å²) >= 11 is 0. The molecule has 0 aromatic heterocycles. The SMILES string of the molecule is CC[C@@H]1CCCCN1C(=O)COC(=O)c1ccc(N)cc1. The molecule has 0 spiro atoms. The van der Waals surface area contributed by atoms with E-state index in [4.69, 9.17) is 10.5 Å². The van der Waals surface area contributed by atoms with Gasteiger partial charge in [-0.1, -0.05) is 6.92 Å². The molecule has 0 radical (unpaired) electrons. The second-order valence-electron chi connectivity index (χ2n) is 5.34. The molecule has 0 bridgehead atoms. The second kappa shape index (κ2) is 7.11. The van der Waals surface area contributed by atoms with Crippen molar-refractivity contribution in [2.75, 3.05) is 18.9 Å². The number of hydrogen-bond donors (Lipinski definition) is 1. The van der Waals surface area contributed by atoms with Crippen LogP contribution in [0.4, 0.5) is 5.69 Å². The number of esters is 1. The summed E-state index contributed by atoms with van der Waals surface area (Å²) in [5, 5.41) is 0. The fourth-order valence-corrected chi connectivity index (χ4v) is 2.67. The van der Waals surface area contributed by atoms with Crippen LogP contribution in [0.15, 0.2) is 24.3 Å². The van der Waals surface area contributed by atoms with Gasteiger partial charge in [-0.3, -0.25) is 4.79 Å². The molecular weight excluding hydrogens is 268 g/mol. The third kappa shape index (κ3) is 3.97. The van der Waals surface area contributed by atoms with Crippen molar-refractivity contribution in [3.63, 3.8) is 0 Å². The largest absolute Gasteiger partial charge is 0.452 e. The molecule has 2 N–H and O–H groups in total. The number of hydrogen-bond acceptors (Lipinski definition) is 4. The Morgan fingerprint density at radius 3 is 2.67 bits per heavy atom. The van der Waals surface area contributed by atoms with Crippen LogP contribution >= 0.6 is 0 Å². The van der Waals surface area contributed by atoms with Crippen molar-refractivity contribution in [1.29, 1.82) is 0 Å². The Morgan fingerprint density at radius 2 is 2.00 bits per heavy atom. The number of benzene rings is 1. The van der Waals surface area contributed by atoms with E-state index in [1.807, 2.05) is 4.90 Å². The monoisotopic (exact) mass is 290 g/mol. The molecule has 1 aromatic rings. The van der Waals surface area contributed by atoms with Crippen LogP contribution in [0.3, 0.4) is 0 Å². The number of anilines is 1. The predicted molar refractivity (Wildman–Crippen MR) is 80.8 cm³/mol. The van der Waals surface area contributed by atoms with Crippen molar-refractivity contribution < 1.29 is 14.3 Å². The molecule has 1 aromatic carbocycles. The third-order valence-electron chi connectivity index (χ3n) is 3.89. The lowest BCUT2D eigenvalue weighted by atomic mass is 10.00. The molecule has 1 aliphatic heterocycles. The van der Waals surface area contributed by atoms with Gasteiger partial charge in [0, 0.05) is 18.3 Å². The van der Waals surface area contributed by atoms with Crippen LogP contribution in [-0.2, 0) is 9.53 Å². The van der Waals surface area contributed by atoms with Crippen molar-refractivity contribution in [2.24, 2.45) is 0 Å². The molecule has 0 aliphatic carbocycles. The topological polar surface area (TPSA) is 72.6 Å². The Morgan fingerprint density at radius 1 is 1.29 bits per heavy atom. The number of nitrogen functional groups attached to an aromatic ring is 1. The highest BCUT2D eigenvalue weighted by molar-refractivity contribution is 5.91. The molecule has 114 valence electrons. The van der Waals surface area contributed by atoms with Gasteiger partial charge in [-0.25, -0.2) is 4.79 Å². The normalized spacial score (nSPS) is 18.3. The van der Waals surface area contributed by atoms with E-state index in [2.05, 4.69) is 6.92 Å². The van der Waals surface area contributed by atoms with Crippen LogP contribution in [0.25, 0.3) is 0 Å². The number of rotatable bonds is 4. The van der Waals surface area contributed by atoms with Crippen molar-refractivity contribution in [2.45, 2.75) is 38.6 Å². The molecule has 1 atom stereocenters. The zero-order chi connectivity index (χ0) is 15.2. The van der Waals surface area contributed by atoms with Gasteiger partial charge in [0.1, 0.15) is 0 Å². The zero-order valence-corrected chi connectivity index (χ0v) is 12.4. The maximum Gasteiger partial charge on any atom is 0.338 e. The lowest BCUT2D eigenvalue weighted by Crippen LogP contribution is -2.45. The predicted octanol–water partition coefficient (Wildman–Crippen LogP) is 2.22. The highest BCUT2D eigenvalue weighted by atomic mass is 16.5. The Bertz CT molecular complexity index is 499. The number of carbonyl (C=O) groups is 2. The van der Waals surface area contributed by atoms with E-state index >= 15 is 0 Å². The van der Waals surface area contributed by atoms with Crippen molar-refractivity contribution in [3.05, 3.63) is 29.8 Å². The fraction of sp³-hybridized carbons (Fsp3) is 0.500. The summed E-state index contributed by atoms with van der Waals surface area (Å²) in [5.74, 6) is -0.598. The molecule has 21 heavy (non-hydrogen) atoms. The minimum Gasteiger partial charge on any atom is -0.452 e. The molecule has 0 unspecified atom stereocenters. The quantitative estimate of drug-likeness (QED) is 0.681. The molecule has 1 saturated heterocycles. The molecule has 1 fully saturated rings. The van der Waals surface area contributed by atoms with Gasteiger partial charge in [-0.05, 0) is 49.9 Å². The summed E-state index contributed by atoms with van der Waals surface area (Å²) < 4.78 is 5.10. The molecule has 5 heteroatoms. The molecule has 2 rings (SSSR count). The first-order valence-corrected chi connectivity index (χ1v) is 7.44. The summed E-state index contributed by atoms with van der Waals surface area (Å²) in [4.78, 5) is 25.9.